The molecule has 156 valence electrons. The highest BCUT2D eigenvalue weighted by Crippen LogP contribution is 2.24. The Balaban J connectivity index is 1.58. The molecule has 0 aliphatic rings. The molecule has 0 saturated carbocycles. The van der Waals surface area contributed by atoms with Crippen LogP contribution in [-0.2, 0) is 0 Å². The molecule has 0 saturated heterocycles. The number of phenols is 1. The van der Waals surface area contributed by atoms with E-state index in [0.29, 0.717) is 10.6 Å². The lowest BCUT2D eigenvalue weighted by atomic mass is 10.00. The van der Waals surface area contributed by atoms with E-state index in [1.54, 1.807) is 6.21 Å². The molecule has 4 aromatic rings. The monoisotopic (exact) mass is 458 g/mol. The number of carbonyl (C=O) groups excluding carboxylic acids is 1. The highest BCUT2D eigenvalue weighted by molar-refractivity contribution is 6.32. The van der Waals surface area contributed by atoms with Crippen LogP contribution in [0.3, 0.4) is 0 Å². The zero-order chi connectivity index (χ0) is 22.5. The lowest BCUT2D eigenvalue weighted by molar-refractivity contribution is 0.0955. The van der Waals surface area contributed by atoms with E-state index in [2.05, 4.69) is 22.4 Å². The topological polar surface area (TPSA) is 61.7 Å². The molecule has 0 spiro atoms. The number of carbonyl (C=O) groups is 1. The van der Waals surface area contributed by atoms with Gasteiger partial charge in [-0.2, -0.15) is 5.10 Å². The first-order chi connectivity index (χ1) is 15.5. The fourth-order valence-electron chi connectivity index (χ4n) is 3.09. The van der Waals surface area contributed by atoms with Crippen LogP contribution < -0.4 is 5.43 Å². The summed E-state index contributed by atoms with van der Waals surface area (Å²) >= 11 is 11.8. The smallest absolute Gasteiger partial charge is 0.271 e. The van der Waals surface area contributed by atoms with E-state index in [1.165, 1.54) is 18.2 Å². The maximum absolute atomic E-state index is 12.3. The molecule has 32 heavy (non-hydrogen) atoms. The number of hydrazone groups is 1. The largest absolute Gasteiger partial charge is 0.506 e. The first-order valence-electron chi connectivity index (χ1n) is 9.62. The van der Waals surface area contributed by atoms with Crippen molar-refractivity contribution in [3.05, 3.63) is 111 Å². The van der Waals surface area contributed by atoms with Crippen molar-refractivity contribution >= 4 is 46.1 Å². The number of rotatable bonds is 3. The summed E-state index contributed by atoms with van der Waals surface area (Å²) in [6.45, 7) is 0. The summed E-state index contributed by atoms with van der Waals surface area (Å²) in [6, 6.07) is 23.3. The van der Waals surface area contributed by atoms with E-state index in [9.17, 15) is 9.90 Å². The SMILES string of the molecule is O=C(NN=Cc1ccc(C#Cc2ccc(Cl)cc2)c2ccccc12)c1ccc(O)c(Cl)c1. The zero-order valence-electron chi connectivity index (χ0n) is 16.6. The lowest BCUT2D eigenvalue weighted by Gasteiger charge is -2.05. The molecule has 0 fully saturated rings. The van der Waals surface area contributed by atoms with Crippen molar-refractivity contribution in [1.82, 2.24) is 5.43 Å². The molecule has 0 unspecified atom stereocenters. The average Bonchev–Trinajstić information content (AvgIpc) is 2.81. The molecule has 0 atom stereocenters. The standard InChI is InChI=1S/C26H16Cl2N2O2/c27-21-12-6-17(7-13-21)5-8-18-9-10-20(23-4-2-1-3-22(18)23)16-29-30-26(32)19-11-14-25(31)24(28)15-19/h1-4,6-7,9-16,31H,(H,30,32). The Labute approximate surface area is 195 Å². The third-order valence-electron chi connectivity index (χ3n) is 4.72. The maximum Gasteiger partial charge on any atom is 0.271 e. The maximum atomic E-state index is 12.3. The Morgan fingerprint density at radius 2 is 1.66 bits per heavy atom. The Hall–Kier alpha value is -3.78. The summed E-state index contributed by atoms with van der Waals surface area (Å²) in [4.78, 5) is 12.3. The van der Waals surface area contributed by atoms with Gasteiger partial charge in [0.2, 0.25) is 0 Å². The van der Waals surface area contributed by atoms with Gasteiger partial charge in [-0.05, 0) is 59.3 Å². The van der Waals surface area contributed by atoms with Crippen molar-refractivity contribution in [2.24, 2.45) is 5.10 Å². The van der Waals surface area contributed by atoms with Gasteiger partial charge in [0.15, 0.2) is 0 Å². The van der Waals surface area contributed by atoms with Gasteiger partial charge in [0.05, 0.1) is 11.2 Å². The number of amides is 1. The molecule has 2 N–H and O–H groups in total. The minimum Gasteiger partial charge on any atom is -0.506 e. The third-order valence-corrected chi connectivity index (χ3v) is 5.28. The number of halogens is 2. The van der Waals surface area contributed by atoms with Crippen molar-refractivity contribution in [3.8, 4) is 17.6 Å². The molecule has 4 aromatic carbocycles. The van der Waals surface area contributed by atoms with Crippen molar-refractivity contribution in [3.63, 3.8) is 0 Å². The lowest BCUT2D eigenvalue weighted by Crippen LogP contribution is -2.17. The fraction of sp³-hybridized carbons (Fsp3) is 0. The van der Waals surface area contributed by atoms with Gasteiger partial charge in [0, 0.05) is 27.3 Å². The molecule has 0 bridgehead atoms. The van der Waals surface area contributed by atoms with E-state index < -0.39 is 5.91 Å². The van der Waals surface area contributed by atoms with Gasteiger partial charge in [-0.25, -0.2) is 5.43 Å². The molecule has 0 aromatic heterocycles. The van der Waals surface area contributed by atoms with Crippen LogP contribution in [0.5, 0.6) is 5.75 Å². The molecular weight excluding hydrogens is 443 g/mol. The summed E-state index contributed by atoms with van der Waals surface area (Å²) in [5.41, 5.74) is 5.37. The summed E-state index contributed by atoms with van der Waals surface area (Å²) in [7, 11) is 0. The highest BCUT2D eigenvalue weighted by Gasteiger charge is 2.08. The summed E-state index contributed by atoms with van der Waals surface area (Å²) < 4.78 is 0. The van der Waals surface area contributed by atoms with Gasteiger partial charge in [-0.1, -0.05) is 65.4 Å². The quantitative estimate of drug-likeness (QED) is 0.224. The summed E-state index contributed by atoms with van der Waals surface area (Å²) in [5, 5.41) is 16.3. The first-order valence-corrected chi connectivity index (χ1v) is 10.4. The van der Waals surface area contributed by atoms with Crippen molar-refractivity contribution in [1.29, 1.82) is 0 Å². The Morgan fingerprint density at radius 3 is 2.41 bits per heavy atom. The molecular formula is C26H16Cl2N2O2. The van der Waals surface area contributed by atoms with E-state index >= 15 is 0 Å². The van der Waals surface area contributed by atoms with Crippen LogP contribution in [0.15, 0.2) is 84.0 Å². The van der Waals surface area contributed by atoms with Crippen LogP contribution in [-0.4, -0.2) is 17.2 Å². The van der Waals surface area contributed by atoms with Crippen LogP contribution in [0, 0.1) is 11.8 Å². The number of hydrogen-bond donors (Lipinski definition) is 2. The number of aromatic hydroxyl groups is 1. The second kappa shape index (κ2) is 9.57. The molecule has 4 rings (SSSR count). The van der Waals surface area contributed by atoms with Gasteiger partial charge in [-0.15, -0.1) is 0 Å². The Morgan fingerprint density at radius 1 is 0.906 bits per heavy atom. The van der Waals surface area contributed by atoms with Crippen LogP contribution in [0.25, 0.3) is 10.8 Å². The second-order valence-corrected chi connectivity index (χ2v) is 7.71. The predicted molar refractivity (Wildman–Crippen MR) is 130 cm³/mol. The Kier molecular flexibility index (Phi) is 6.42. The zero-order valence-corrected chi connectivity index (χ0v) is 18.2. The van der Waals surface area contributed by atoms with E-state index in [-0.39, 0.29) is 10.8 Å². The first kappa shape index (κ1) is 21.5. The van der Waals surface area contributed by atoms with Gasteiger partial charge in [-0.3, -0.25) is 4.79 Å². The molecule has 0 aliphatic carbocycles. The Bertz CT molecular complexity index is 1400. The normalized spacial score (nSPS) is 10.7. The molecule has 1 amide bonds. The number of benzene rings is 4. The number of nitrogens with zero attached hydrogens (tertiary/aromatic N) is 1. The molecule has 0 heterocycles. The molecule has 0 radical (unpaired) electrons. The number of hydrogen-bond acceptors (Lipinski definition) is 3. The summed E-state index contributed by atoms with van der Waals surface area (Å²) in [6.07, 6.45) is 1.58. The molecule has 4 nitrogen and oxygen atoms in total. The predicted octanol–water partition coefficient (Wildman–Crippen LogP) is 6.02. The number of nitrogens with one attached hydrogen (secondary N) is 1. The summed E-state index contributed by atoms with van der Waals surface area (Å²) in [5.74, 6) is 5.85. The van der Waals surface area contributed by atoms with E-state index in [1.807, 2.05) is 60.7 Å². The van der Waals surface area contributed by atoms with E-state index in [0.717, 1.165) is 27.5 Å². The van der Waals surface area contributed by atoms with Gasteiger partial charge in [0.1, 0.15) is 5.75 Å². The van der Waals surface area contributed by atoms with Crippen LogP contribution in [0.4, 0.5) is 0 Å². The van der Waals surface area contributed by atoms with Crippen LogP contribution in [0.2, 0.25) is 10.0 Å². The van der Waals surface area contributed by atoms with Crippen LogP contribution in [0.1, 0.15) is 27.0 Å². The fourth-order valence-corrected chi connectivity index (χ4v) is 3.40. The van der Waals surface area contributed by atoms with Crippen LogP contribution >= 0.6 is 23.2 Å². The van der Waals surface area contributed by atoms with Crippen molar-refractivity contribution in [2.45, 2.75) is 0 Å². The van der Waals surface area contributed by atoms with Gasteiger partial charge >= 0.3 is 0 Å². The van der Waals surface area contributed by atoms with Crippen molar-refractivity contribution < 1.29 is 9.90 Å². The third kappa shape index (κ3) is 4.92. The minimum absolute atomic E-state index is 0.0857. The number of phenolic OH excluding ortho intramolecular Hbond substituents is 1. The molecule has 6 heteroatoms. The minimum atomic E-state index is -0.432. The highest BCUT2D eigenvalue weighted by atomic mass is 35.5. The number of fused-ring (bicyclic) bond motifs is 1. The second-order valence-electron chi connectivity index (χ2n) is 6.87. The average molecular weight is 459 g/mol. The molecule has 0 aliphatic heterocycles. The van der Waals surface area contributed by atoms with Gasteiger partial charge < -0.3 is 5.11 Å². The van der Waals surface area contributed by atoms with E-state index in [4.69, 9.17) is 23.2 Å². The van der Waals surface area contributed by atoms with Crippen molar-refractivity contribution in [2.75, 3.05) is 0 Å². The van der Waals surface area contributed by atoms with Gasteiger partial charge in [0.25, 0.3) is 5.91 Å².